The van der Waals surface area contributed by atoms with E-state index >= 15 is 0 Å². The van der Waals surface area contributed by atoms with Crippen LogP contribution in [0, 0.1) is 5.92 Å². The molecule has 88 valence electrons. The Hall–Kier alpha value is -1.16. The Kier molecular flexibility index (Phi) is 3.39. The van der Waals surface area contributed by atoms with Gasteiger partial charge in [0.2, 0.25) is 0 Å². The van der Waals surface area contributed by atoms with E-state index < -0.39 is 0 Å². The standard InChI is InChI=1S/C12H19N3O/c1-10(2)14-4-3-11(6-14)7-15-9-13-5-12(15)8-16/h5,8-11H,3-4,6-7H2,1-2H3. The summed E-state index contributed by atoms with van der Waals surface area (Å²) in [6.07, 6.45) is 5.47. The Morgan fingerprint density at radius 1 is 1.62 bits per heavy atom. The first-order valence-electron chi connectivity index (χ1n) is 5.90. The van der Waals surface area contributed by atoms with E-state index in [1.807, 2.05) is 4.57 Å². The molecule has 4 nitrogen and oxygen atoms in total. The molecular weight excluding hydrogens is 202 g/mol. The van der Waals surface area contributed by atoms with Crippen molar-refractivity contribution in [2.24, 2.45) is 5.92 Å². The molecule has 2 heterocycles. The highest BCUT2D eigenvalue weighted by molar-refractivity contribution is 5.71. The molecule has 16 heavy (non-hydrogen) atoms. The minimum atomic E-state index is 0.623. The van der Waals surface area contributed by atoms with Crippen LogP contribution in [0.25, 0.3) is 0 Å². The zero-order valence-corrected chi connectivity index (χ0v) is 9.97. The Labute approximate surface area is 96.3 Å². The Morgan fingerprint density at radius 2 is 2.44 bits per heavy atom. The van der Waals surface area contributed by atoms with Crippen molar-refractivity contribution in [2.45, 2.75) is 32.9 Å². The molecule has 1 aromatic rings. The van der Waals surface area contributed by atoms with Crippen molar-refractivity contribution in [1.82, 2.24) is 14.5 Å². The fourth-order valence-corrected chi connectivity index (χ4v) is 2.34. The van der Waals surface area contributed by atoms with E-state index in [4.69, 9.17) is 0 Å². The highest BCUT2D eigenvalue weighted by Crippen LogP contribution is 2.20. The van der Waals surface area contributed by atoms with Gasteiger partial charge >= 0.3 is 0 Å². The van der Waals surface area contributed by atoms with E-state index in [1.54, 1.807) is 12.5 Å². The van der Waals surface area contributed by atoms with Gasteiger partial charge in [0.15, 0.2) is 6.29 Å². The van der Waals surface area contributed by atoms with E-state index in [1.165, 1.54) is 13.0 Å². The topological polar surface area (TPSA) is 38.1 Å². The molecule has 0 radical (unpaired) electrons. The van der Waals surface area contributed by atoms with Gasteiger partial charge in [0.1, 0.15) is 5.69 Å². The van der Waals surface area contributed by atoms with Crippen LogP contribution < -0.4 is 0 Å². The maximum absolute atomic E-state index is 10.8. The van der Waals surface area contributed by atoms with Gasteiger partial charge in [-0.25, -0.2) is 4.98 Å². The summed E-state index contributed by atoms with van der Waals surface area (Å²) >= 11 is 0. The number of hydrogen-bond acceptors (Lipinski definition) is 3. The van der Waals surface area contributed by atoms with Crippen molar-refractivity contribution in [3.63, 3.8) is 0 Å². The van der Waals surface area contributed by atoms with E-state index in [-0.39, 0.29) is 0 Å². The maximum Gasteiger partial charge on any atom is 0.168 e. The lowest BCUT2D eigenvalue weighted by molar-refractivity contribution is 0.111. The lowest BCUT2D eigenvalue weighted by Crippen LogP contribution is -2.28. The van der Waals surface area contributed by atoms with Crippen LogP contribution in [0.3, 0.4) is 0 Å². The first kappa shape index (κ1) is 11.3. The zero-order chi connectivity index (χ0) is 11.5. The molecule has 0 aliphatic carbocycles. The van der Waals surface area contributed by atoms with Crippen LogP contribution in [0.2, 0.25) is 0 Å². The Balaban J connectivity index is 1.94. The number of aldehydes is 1. The van der Waals surface area contributed by atoms with Gasteiger partial charge in [-0.3, -0.25) is 4.79 Å². The monoisotopic (exact) mass is 221 g/mol. The molecule has 0 amide bonds. The molecule has 2 rings (SSSR count). The molecule has 1 aromatic heterocycles. The SMILES string of the molecule is CC(C)N1CCC(Cn2cncc2C=O)C1. The number of likely N-dealkylation sites (tertiary alicyclic amines) is 1. The van der Waals surface area contributed by atoms with Crippen molar-refractivity contribution in [2.75, 3.05) is 13.1 Å². The summed E-state index contributed by atoms with van der Waals surface area (Å²) in [7, 11) is 0. The largest absolute Gasteiger partial charge is 0.328 e. The molecule has 1 atom stereocenters. The minimum Gasteiger partial charge on any atom is -0.328 e. The third kappa shape index (κ3) is 2.32. The molecule has 1 aliphatic rings. The van der Waals surface area contributed by atoms with E-state index in [9.17, 15) is 4.79 Å². The first-order valence-corrected chi connectivity index (χ1v) is 5.90. The van der Waals surface area contributed by atoms with Gasteiger partial charge < -0.3 is 9.47 Å². The molecule has 0 aromatic carbocycles. The summed E-state index contributed by atoms with van der Waals surface area (Å²) in [5.41, 5.74) is 0.683. The van der Waals surface area contributed by atoms with Gasteiger partial charge in [-0.15, -0.1) is 0 Å². The predicted octanol–water partition coefficient (Wildman–Crippen LogP) is 1.43. The van der Waals surface area contributed by atoms with E-state index in [2.05, 4.69) is 23.7 Å². The van der Waals surface area contributed by atoms with Crippen LogP contribution in [0.4, 0.5) is 0 Å². The highest BCUT2D eigenvalue weighted by Gasteiger charge is 2.24. The van der Waals surface area contributed by atoms with Crippen molar-refractivity contribution in [3.05, 3.63) is 18.2 Å². The lowest BCUT2D eigenvalue weighted by atomic mass is 10.1. The van der Waals surface area contributed by atoms with Gasteiger partial charge in [-0.1, -0.05) is 0 Å². The molecule has 0 saturated carbocycles. The number of nitrogens with zero attached hydrogens (tertiary/aromatic N) is 3. The van der Waals surface area contributed by atoms with Crippen LogP contribution in [-0.2, 0) is 6.54 Å². The molecular formula is C12H19N3O. The summed E-state index contributed by atoms with van der Waals surface area (Å²) in [5, 5.41) is 0. The summed E-state index contributed by atoms with van der Waals surface area (Å²) in [6, 6.07) is 0.623. The molecule has 1 unspecified atom stereocenters. The molecule has 0 spiro atoms. The molecule has 0 bridgehead atoms. The smallest absolute Gasteiger partial charge is 0.168 e. The van der Waals surface area contributed by atoms with Gasteiger partial charge in [0.25, 0.3) is 0 Å². The van der Waals surface area contributed by atoms with Crippen molar-refractivity contribution < 1.29 is 4.79 Å². The molecule has 1 aliphatic heterocycles. The van der Waals surface area contributed by atoms with Crippen molar-refractivity contribution in [1.29, 1.82) is 0 Å². The zero-order valence-electron chi connectivity index (χ0n) is 9.97. The summed E-state index contributed by atoms with van der Waals surface area (Å²) in [4.78, 5) is 17.3. The van der Waals surface area contributed by atoms with E-state index in [0.717, 1.165) is 19.4 Å². The van der Waals surface area contributed by atoms with Crippen LogP contribution in [0.5, 0.6) is 0 Å². The summed E-state index contributed by atoms with van der Waals surface area (Å²) < 4.78 is 1.96. The number of aromatic nitrogens is 2. The van der Waals surface area contributed by atoms with Gasteiger partial charge in [-0.2, -0.15) is 0 Å². The van der Waals surface area contributed by atoms with Crippen LogP contribution in [0.15, 0.2) is 12.5 Å². The number of hydrogen-bond donors (Lipinski definition) is 0. The normalized spacial score (nSPS) is 21.8. The Bertz CT molecular complexity index is 359. The Morgan fingerprint density at radius 3 is 3.06 bits per heavy atom. The fourth-order valence-electron chi connectivity index (χ4n) is 2.34. The summed E-state index contributed by atoms with van der Waals surface area (Å²) in [5.74, 6) is 0.648. The lowest BCUT2D eigenvalue weighted by Gasteiger charge is -2.20. The number of rotatable bonds is 4. The van der Waals surface area contributed by atoms with Gasteiger partial charge in [0.05, 0.1) is 12.5 Å². The van der Waals surface area contributed by atoms with E-state index in [0.29, 0.717) is 17.7 Å². The molecule has 1 fully saturated rings. The average molecular weight is 221 g/mol. The summed E-state index contributed by atoms with van der Waals surface area (Å²) in [6.45, 7) is 7.69. The number of carbonyl (C=O) groups is 1. The fraction of sp³-hybridized carbons (Fsp3) is 0.667. The number of carbonyl (C=O) groups excluding carboxylic acids is 1. The number of imidazole rings is 1. The van der Waals surface area contributed by atoms with Gasteiger partial charge in [-0.05, 0) is 32.7 Å². The minimum absolute atomic E-state index is 0.623. The van der Waals surface area contributed by atoms with Crippen molar-refractivity contribution in [3.8, 4) is 0 Å². The second-order valence-electron chi connectivity index (χ2n) is 4.83. The quantitative estimate of drug-likeness (QED) is 0.722. The third-order valence-corrected chi connectivity index (χ3v) is 3.37. The first-order chi connectivity index (χ1) is 7.70. The predicted molar refractivity (Wildman–Crippen MR) is 62.4 cm³/mol. The maximum atomic E-state index is 10.8. The molecule has 0 N–H and O–H groups in total. The second kappa shape index (κ2) is 4.78. The van der Waals surface area contributed by atoms with Crippen LogP contribution >= 0.6 is 0 Å². The third-order valence-electron chi connectivity index (χ3n) is 3.37. The van der Waals surface area contributed by atoms with Gasteiger partial charge in [0, 0.05) is 19.1 Å². The average Bonchev–Trinajstić information content (AvgIpc) is 2.87. The molecule has 4 heteroatoms. The second-order valence-corrected chi connectivity index (χ2v) is 4.83. The van der Waals surface area contributed by atoms with Crippen LogP contribution in [0.1, 0.15) is 30.8 Å². The molecule has 1 saturated heterocycles. The van der Waals surface area contributed by atoms with Crippen LogP contribution in [-0.4, -0.2) is 39.9 Å². The van der Waals surface area contributed by atoms with Crippen molar-refractivity contribution >= 4 is 6.29 Å². The highest BCUT2D eigenvalue weighted by atomic mass is 16.1.